The van der Waals surface area contributed by atoms with E-state index in [4.69, 9.17) is 11.6 Å². The average Bonchev–Trinajstić information content (AvgIpc) is 2.84. The van der Waals surface area contributed by atoms with Crippen molar-refractivity contribution in [1.29, 1.82) is 0 Å². The Bertz CT molecular complexity index is 476. The highest BCUT2D eigenvalue weighted by Crippen LogP contribution is 2.38. The molecule has 1 aromatic heterocycles. The number of carbonyl (C=O) groups excluding carboxylic acids is 1. The van der Waals surface area contributed by atoms with Crippen molar-refractivity contribution in [3.8, 4) is 0 Å². The summed E-state index contributed by atoms with van der Waals surface area (Å²) in [5.74, 6) is -0.535. The van der Waals surface area contributed by atoms with Crippen LogP contribution in [0.5, 0.6) is 0 Å². The van der Waals surface area contributed by atoms with Crippen molar-refractivity contribution in [2.75, 3.05) is 13.1 Å². The summed E-state index contributed by atoms with van der Waals surface area (Å²) in [6, 6.07) is 2.96. The fourth-order valence-corrected chi connectivity index (χ4v) is 2.79. The predicted molar refractivity (Wildman–Crippen MR) is 60.9 cm³/mol. The number of halogens is 4. The first-order chi connectivity index (χ1) is 8.23. The summed E-state index contributed by atoms with van der Waals surface area (Å²) in [4.78, 5) is 13.1. The minimum absolute atomic E-state index is 0.121. The molecule has 0 unspecified atom stereocenters. The molecule has 1 aromatic rings. The van der Waals surface area contributed by atoms with Crippen LogP contribution in [0.25, 0.3) is 0 Å². The minimum atomic E-state index is -4.73. The number of alkyl halides is 3. The quantitative estimate of drug-likeness (QED) is 0.866. The first kappa shape index (κ1) is 13.6. The maximum Gasteiger partial charge on any atom is 0.419 e. The third-order valence-electron chi connectivity index (χ3n) is 2.85. The molecule has 1 N–H and O–H groups in total. The van der Waals surface area contributed by atoms with E-state index in [9.17, 15) is 23.1 Å². The Morgan fingerprint density at radius 2 is 2.17 bits per heavy atom. The van der Waals surface area contributed by atoms with Gasteiger partial charge in [0.2, 0.25) is 0 Å². The fourth-order valence-electron chi connectivity index (χ4n) is 1.78. The van der Waals surface area contributed by atoms with Gasteiger partial charge in [-0.1, -0.05) is 11.6 Å². The molecule has 2 rings (SSSR count). The SMILES string of the molecule is O=C(c1ccc(Cl)s1)N1CC[C@@](O)(C(F)(F)F)C1. The maximum absolute atomic E-state index is 12.6. The van der Waals surface area contributed by atoms with E-state index in [1.165, 1.54) is 12.1 Å². The second kappa shape index (κ2) is 4.40. The van der Waals surface area contributed by atoms with E-state index in [-0.39, 0.29) is 11.4 Å². The zero-order valence-electron chi connectivity index (χ0n) is 9.00. The van der Waals surface area contributed by atoms with Crippen molar-refractivity contribution in [3.05, 3.63) is 21.3 Å². The number of hydrogen-bond acceptors (Lipinski definition) is 3. The first-order valence-corrected chi connectivity index (χ1v) is 6.26. The van der Waals surface area contributed by atoms with Gasteiger partial charge in [-0.15, -0.1) is 11.3 Å². The molecular formula is C10H9ClF3NO2S. The topological polar surface area (TPSA) is 40.5 Å². The highest BCUT2D eigenvalue weighted by Gasteiger charge is 2.57. The smallest absolute Gasteiger partial charge is 0.379 e. The molecule has 1 amide bonds. The highest BCUT2D eigenvalue weighted by molar-refractivity contribution is 7.17. The number of thiophene rings is 1. The molecule has 3 nitrogen and oxygen atoms in total. The summed E-state index contributed by atoms with van der Waals surface area (Å²) in [7, 11) is 0. The largest absolute Gasteiger partial charge is 0.419 e. The average molecular weight is 300 g/mol. The molecule has 0 aromatic carbocycles. The van der Waals surface area contributed by atoms with E-state index in [0.717, 1.165) is 16.2 Å². The van der Waals surface area contributed by atoms with E-state index in [1.54, 1.807) is 0 Å². The molecule has 8 heteroatoms. The van der Waals surface area contributed by atoms with Crippen molar-refractivity contribution in [1.82, 2.24) is 4.90 Å². The lowest BCUT2D eigenvalue weighted by molar-refractivity contribution is -0.253. The van der Waals surface area contributed by atoms with E-state index in [2.05, 4.69) is 0 Å². The lowest BCUT2D eigenvalue weighted by Crippen LogP contribution is -2.47. The van der Waals surface area contributed by atoms with Gasteiger partial charge in [0.25, 0.3) is 5.91 Å². The summed E-state index contributed by atoms with van der Waals surface area (Å²) in [6.45, 7) is -0.852. The number of rotatable bonds is 1. The van der Waals surface area contributed by atoms with Crippen LogP contribution in [-0.2, 0) is 0 Å². The van der Waals surface area contributed by atoms with Crippen LogP contribution >= 0.6 is 22.9 Å². The molecule has 0 spiro atoms. The van der Waals surface area contributed by atoms with Gasteiger partial charge in [0, 0.05) is 13.0 Å². The molecule has 0 radical (unpaired) electrons. The second-order valence-electron chi connectivity index (χ2n) is 4.11. The Hall–Kier alpha value is -0.790. The summed E-state index contributed by atoms with van der Waals surface area (Å²) in [6.07, 6.45) is -5.23. The fraction of sp³-hybridized carbons (Fsp3) is 0.500. The van der Waals surface area contributed by atoms with Gasteiger partial charge < -0.3 is 10.0 Å². The Balaban J connectivity index is 2.12. The third-order valence-corrected chi connectivity index (χ3v) is 4.07. The number of hydrogen-bond donors (Lipinski definition) is 1. The van der Waals surface area contributed by atoms with Crippen LogP contribution in [-0.4, -0.2) is 40.8 Å². The van der Waals surface area contributed by atoms with Gasteiger partial charge in [-0.05, 0) is 12.1 Å². The van der Waals surface area contributed by atoms with Crippen LogP contribution in [0.2, 0.25) is 4.34 Å². The van der Waals surface area contributed by atoms with Gasteiger partial charge in [0.15, 0.2) is 5.60 Å². The van der Waals surface area contributed by atoms with Crippen molar-refractivity contribution in [2.45, 2.75) is 18.2 Å². The van der Waals surface area contributed by atoms with Gasteiger partial charge in [-0.25, -0.2) is 0 Å². The molecule has 1 aliphatic heterocycles. The third kappa shape index (κ3) is 2.34. The Morgan fingerprint density at radius 1 is 1.50 bits per heavy atom. The van der Waals surface area contributed by atoms with Crippen LogP contribution in [0.3, 0.4) is 0 Å². The molecule has 0 saturated carbocycles. The zero-order valence-corrected chi connectivity index (χ0v) is 10.6. The monoisotopic (exact) mass is 299 g/mol. The number of likely N-dealkylation sites (tertiary alicyclic amines) is 1. The van der Waals surface area contributed by atoms with Crippen molar-refractivity contribution >= 4 is 28.8 Å². The van der Waals surface area contributed by atoms with E-state index in [1.807, 2.05) is 0 Å². The molecular weight excluding hydrogens is 291 g/mol. The van der Waals surface area contributed by atoms with Gasteiger partial charge in [-0.3, -0.25) is 4.79 Å². The van der Waals surface area contributed by atoms with Gasteiger partial charge in [0.05, 0.1) is 15.8 Å². The molecule has 1 aliphatic rings. The number of carbonyl (C=O) groups is 1. The van der Waals surface area contributed by atoms with Crippen LogP contribution in [0.4, 0.5) is 13.2 Å². The van der Waals surface area contributed by atoms with Crippen LogP contribution in [0.15, 0.2) is 12.1 Å². The first-order valence-electron chi connectivity index (χ1n) is 5.07. The van der Waals surface area contributed by atoms with Gasteiger partial charge >= 0.3 is 6.18 Å². The number of amides is 1. The maximum atomic E-state index is 12.6. The summed E-state index contributed by atoms with van der Waals surface area (Å²) in [5, 5.41) is 9.46. The molecule has 0 aliphatic carbocycles. The molecule has 1 atom stereocenters. The van der Waals surface area contributed by atoms with Crippen LogP contribution in [0.1, 0.15) is 16.1 Å². The van der Waals surface area contributed by atoms with E-state index >= 15 is 0 Å². The molecule has 18 heavy (non-hydrogen) atoms. The number of nitrogens with zero attached hydrogens (tertiary/aromatic N) is 1. The lowest BCUT2D eigenvalue weighted by atomic mass is 10.0. The molecule has 100 valence electrons. The van der Waals surface area contributed by atoms with Crippen molar-refractivity contribution in [2.24, 2.45) is 0 Å². The zero-order chi connectivity index (χ0) is 13.6. The molecule has 1 fully saturated rings. The Morgan fingerprint density at radius 3 is 2.61 bits per heavy atom. The number of aliphatic hydroxyl groups is 1. The molecule has 2 heterocycles. The van der Waals surface area contributed by atoms with Crippen molar-refractivity contribution < 1.29 is 23.1 Å². The second-order valence-corrected chi connectivity index (χ2v) is 5.82. The predicted octanol–water partition coefficient (Wildman–Crippen LogP) is 2.54. The Labute approximate surface area is 110 Å². The van der Waals surface area contributed by atoms with E-state index < -0.39 is 30.7 Å². The normalized spacial score (nSPS) is 24.6. The Kier molecular flexibility index (Phi) is 3.33. The summed E-state index contributed by atoms with van der Waals surface area (Å²) < 4.78 is 38.1. The minimum Gasteiger partial charge on any atom is -0.379 e. The molecule has 1 saturated heterocycles. The lowest BCUT2D eigenvalue weighted by Gasteiger charge is -2.25. The highest BCUT2D eigenvalue weighted by atomic mass is 35.5. The van der Waals surface area contributed by atoms with Gasteiger partial charge in [0.1, 0.15) is 0 Å². The van der Waals surface area contributed by atoms with Gasteiger partial charge in [-0.2, -0.15) is 13.2 Å². The standard InChI is InChI=1S/C10H9ClF3NO2S/c11-7-2-1-6(18-7)8(16)15-4-3-9(17,5-15)10(12,13)14/h1-2,17H,3-5H2/t9-/m0/s1. The van der Waals surface area contributed by atoms with Crippen LogP contribution in [0, 0.1) is 0 Å². The number of β-amino-alcohol motifs (C(OH)–C–C–N with tert-alkyl or cyclic N) is 1. The van der Waals surface area contributed by atoms with Crippen LogP contribution < -0.4 is 0 Å². The van der Waals surface area contributed by atoms with Crippen molar-refractivity contribution in [3.63, 3.8) is 0 Å². The summed E-state index contributed by atoms with van der Waals surface area (Å²) in [5.41, 5.74) is -2.80. The van der Waals surface area contributed by atoms with E-state index in [0.29, 0.717) is 4.34 Å². The summed E-state index contributed by atoms with van der Waals surface area (Å²) >= 11 is 6.66. The molecule has 0 bridgehead atoms.